The Bertz CT molecular complexity index is 684. The Morgan fingerprint density at radius 1 is 1.44 bits per heavy atom. The first-order valence-corrected chi connectivity index (χ1v) is 6.31. The van der Waals surface area contributed by atoms with Crippen molar-refractivity contribution in [1.82, 2.24) is 9.55 Å². The van der Waals surface area contributed by atoms with Crippen LogP contribution in [-0.4, -0.2) is 9.55 Å². The monoisotopic (exact) mass is 296 g/mol. The van der Waals surface area contributed by atoms with Gasteiger partial charge in [0.05, 0.1) is 10.9 Å². The highest BCUT2D eigenvalue weighted by Gasteiger charge is 2.26. The highest BCUT2D eigenvalue weighted by molar-refractivity contribution is 9.10. The summed E-state index contributed by atoms with van der Waals surface area (Å²) in [5.74, 6) is 0. The molecule has 1 aromatic carbocycles. The predicted octanol–water partition coefficient (Wildman–Crippen LogP) is 3.16. The van der Waals surface area contributed by atoms with Crippen LogP contribution < -0.4 is 5.56 Å². The maximum absolute atomic E-state index is 12.2. The van der Waals surface area contributed by atoms with Gasteiger partial charge in [-0.3, -0.25) is 9.36 Å². The molecule has 1 heterocycles. The van der Waals surface area contributed by atoms with Crippen molar-refractivity contribution >= 4 is 39.1 Å². The van der Waals surface area contributed by atoms with E-state index in [2.05, 4.69) is 20.9 Å². The Morgan fingerprint density at radius 2 is 2.19 bits per heavy atom. The van der Waals surface area contributed by atoms with Crippen LogP contribution in [0.2, 0.25) is 0 Å². The van der Waals surface area contributed by atoms with Crippen LogP contribution in [-0.2, 0) is 0 Å². The summed E-state index contributed by atoms with van der Waals surface area (Å²) in [6.07, 6.45) is 2.10. The average Bonchev–Trinajstić information content (AvgIpc) is 3.04. The second-order valence-electron chi connectivity index (χ2n) is 4.03. The molecule has 1 saturated carbocycles. The number of rotatable bonds is 1. The molecule has 0 amide bonds. The van der Waals surface area contributed by atoms with Crippen LogP contribution in [0.15, 0.2) is 27.5 Å². The summed E-state index contributed by atoms with van der Waals surface area (Å²) in [5.41, 5.74) is 0.817. The second kappa shape index (κ2) is 3.53. The summed E-state index contributed by atoms with van der Waals surface area (Å²) >= 11 is 8.59. The van der Waals surface area contributed by atoms with Gasteiger partial charge in [-0.2, -0.15) is 0 Å². The number of hydrogen-bond acceptors (Lipinski definition) is 2. The Hall–Kier alpha value is -0.940. The maximum Gasteiger partial charge on any atom is 0.262 e. The van der Waals surface area contributed by atoms with Gasteiger partial charge in [0.2, 0.25) is 0 Å². The van der Waals surface area contributed by atoms with E-state index in [9.17, 15) is 4.79 Å². The van der Waals surface area contributed by atoms with E-state index in [1.54, 1.807) is 4.57 Å². The number of H-pyrrole nitrogens is 1. The molecular formula is C11H9BrN2OS. The largest absolute Gasteiger partial charge is 0.332 e. The van der Waals surface area contributed by atoms with Gasteiger partial charge in [0, 0.05) is 10.5 Å². The first kappa shape index (κ1) is 10.2. The molecule has 1 aliphatic carbocycles. The van der Waals surface area contributed by atoms with Gasteiger partial charge in [-0.05, 0) is 43.3 Å². The minimum absolute atomic E-state index is 0.0163. The third-order valence-corrected chi connectivity index (χ3v) is 3.60. The maximum atomic E-state index is 12.2. The standard InChI is InChI=1S/C11H9BrN2OS/c12-6-1-4-9-8(5-6)10(15)14(7-2-3-7)11(16)13-9/h1,4-5,7H,2-3H2,(H,13,16). The third kappa shape index (κ3) is 1.55. The molecule has 5 heteroatoms. The fourth-order valence-electron chi connectivity index (χ4n) is 1.86. The van der Waals surface area contributed by atoms with Crippen LogP contribution in [0.3, 0.4) is 0 Å². The molecule has 0 aliphatic heterocycles. The van der Waals surface area contributed by atoms with Crippen molar-refractivity contribution in [3.63, 3.8) is 0 Å². The van der Waals surface area contributed by atoms with Gasteiger partial charge in [-0.15, -0.1) is 0 Å². The van der Waals surface area contributed by atoms with Gasteiger partial charge < -0.3 is 4.98 Å². The zero-order valence-corrected chi connectivity index (χ0v) is 10.8. The van der Waals surface area contributed by atoms with Gasteiger partial charge in [0.15, 0.2) is 4.77 Å². The molecular weight excluding hydrogens is 288 g/mol. The summed E-state index contributed by atoms with van der Waals surface area (Å²) in [5, 5.41) is 0.690. The van der Waals surface area contributed by atoms with Crippen LogP contribution in [0, 0.1) is 4.77 Å². The third-order valence-electron chi connectivity index (χ3n) is 2.80. The molecule has 16 heavy (non-hydrogen) atoms. The molecule has 2 aromatic rings. The fourth-order valence-corrected chi connectivity index (χ4v) is 2.57. The normalized spacial score (nSPS) is 15.6. The first-order valence-electron chi connectivity index (χ1n) is 5.11. The zero-order chi connectivity index (χ0) is 11.3. The van der Waals surface area contributed by atoms with E-state index >= 15 is 0 Å². The van der Waals surface area contributed by atoms with Crippen molar-refractivity contribution < 1.29 is 0 Å². The van der Waals surface area contributed by atoms with E-state index < -0.39 is 0 Å². The van der Waals surface area contributed by atoms with Crippen LogP contribution in [0.4, 0.5) is 0 Å². The Morgan fingerprint density at radius 3 is 2.88 bits per heavy atom. The zero-order valence-electron chi connectivity index (χ0n) is 8.37. The highest BCUT2D eigenvalue weighted by Crippen LogP contribution is 2.33. The molecule has 0 unspecified atom stereocenters. The van der Waals surface area contributed by atoms with Gasteiger partial charge in [-0.1, -0.05) is 15.9 Å². The van der Waals surface area contributed by atoms with Crippen molar-refractivity contribution in [1.29, 1.82) is 0 Å². The van der Waals surface area contributed by atoms with Crippen molar-refractivity contribution in [3.05, 3.63) is 37.8 Å². The smallest absolute Gasteiger partial charge is 0.262 e. The number of nitrogens with zero attached hydrogens (tertiary/aromatic N) is 1. The van der Waals surface area contributed by atoms with Crippen LogP contribution in [0.1, 0.15) is 18.9 Å². The second-order valence-corrected chi connectivity index (χ2v) is 5.33. The van der Waals surface area contributed by atoms with Crippen molar-refractivity contribution in [3.8, 4) is 0 Å². The molecule has 0 saturated heterocycles. The quantitative estimate of drug-likeness (QED) is 0.821. The van der Waals surface area contributed by atoms with Gasteiger partial charge in [-0.25, -0.2) is 0 Å². The molecule has 0 atom stereocenters. The lowest BCUT2D eigenvalue weighted by Gasteiger charge is -2.06. The summed E-state index contributed by atoms with van der Waals surface area (Å²) in [6, 6.07) is 5.91. The van der Waals surface area contributed by atoms with Gasteiger partial charge in [0.25, 0.3) is 5.56 Å². The number of aromatic amines is 1. The molecule has 0 spiro atoms. The fraction of sp³-hybridized carbons (Fsp3) is 0.273. The topological polar surface area (TPSA) is 37.8 Å². The number of aromatic nitrogens is 2. The molecule has 3 rings (SSSR count). The molecule has 1 N–H and O–H groups in total. The number of nitrogens with one attached hydrogen (secondary N) is 1. The minimum Gasteiger partial charge on any atom is -0.332 e. The molecule has 82 valence electrons. The van der Waals surface area contributed by atoms with E-state index in [0.29, 0.717) is 16.2 Å². The summed E-state index contributed by atoms with van der Waals surface area (Å²) in [4.78, 5) is 15.3. The summed E-state index contributed by atoms with van der Waals surface area (Å²) in [6.45, 7) is 0. The molecule has 1 aliphatic rings. The van der Waals surface area contributed by atoms with E-state index in [1.807, 2.05) is 18.2 Å². The lowest BCUT2D eigenvalue weighted by molar-refractivity contribution is 0.686. The van der Waals surface area contributed by atoms with Crippen molar-refractivity contribution in [2.75, 3.05) is 0 Å². The Labute approximate surface area is 105 Å². The number of benzene rings is 1. The molecule has 1 aromatic heterocycles. The van der Waals surface area contributed by atoms with E-state index in [0.717, 1.165) is 22.8 Å². The average molecular weight is 297 g/mol. The van der Waals surface area contributed by atoms with E-state index in [1.165, 1.54) is 0 Å². The Kier molecular flexibility index (Phi) is 2.26. The predicted molar refractivity (Wildman–Crippen MR) is 69.4 cm³/mol. The van der Waals surface area contributed by atoms with E-state index in [-0.39, 0.29) is 5.56 Å². The minimum atomic E-state index is 0.0163. The van der Waals surface area contributed by atoms with Crippen molar-refractivity contribution in [2.24, 2.45) is 0 Å². The Balaban J connectivity index is 2.45. The van der Waals surface area contributed by atoms with Gasteiger partial charge >= 0.3 is 0 Å². The number of halogens is 1. The summed E-state index contributed by atoms with van der Waals surface area (Å²) < 4.78 is 3.14. The van der Waals surface area contributed by atoms with Crippen molar-refractivity contribution in [2.45, 2.75) is 18.9 Å². The van der Waals surface area contributed by atoms with Crippen LogP contribution in [0.5, 0.6) is 0 Å². The summed E-state index contributed by atoms with van der Waals surface area (Å²) in [7, 11) is 0. The molecule has 0 radical (unpaired) electrons. The number of fused-ring (bicyclic) bond motifs is 1. The van der Waals surface area contributed by atoms with Crippen LogP contribution in [0.25, 0.3) is 10.9 Å². The molecule has 1 fully saturated rings. The SMILES string of the molecule is O=c1c2cc(Br)ccc2[nH]c(=S)n1C1CC1. The van der Waals surface area contributed by atoms with Gasteiger partial charge in [0.1, 0.15) is 0 Å². The number of hydrogen-bond donors (Lipinski definition) is 1. The first-order chi connectivity index (χ1) is 7.66. The highest BCUT2D eigenvalue weighted by atomic mass is 79.9. The lowest BCUT2D eigenvalue weighted by atomic mass is 10.2. The molecule has 0 bridgehead atoms. The molecule has 3 nitrogen and oxygen atoms in total. The lowest BCUT2D eigenvalue weighted by Crippen LogP contribution is -2.21. The van der Waals surface area contributed by atoms with Crippen LogP contribution >= 0.6 is 28.1 Å². The van der Waals surface area contributed by atoms with E-state index in [4.69, 9.17) is 12.2 Å².